The first kappa shape index (κ1) is 22.6. The Morgan fingerprint density at radius 3 is 2.48 bits per heavy atom. The Kier molecular flexibility index (Phi) is 6.24. The van der Waals surface area contributed by atoms with Crippen LogP contribution in [0.5, 0.6) is 5.75 Å². The summed E-state index contributed by atoms with van der Waals surface area (Å²) in [6.07, 6.45) is 2.02. The highest BCUT2D eigenvalue weighted by atomic mass is 16.5. The molecule has 1 spiro atoms. The number of carbonyl (C=O) groups is 4. The van der Waals surface area contributed by atoms with Crippen molar-refractivity contribution in [3.05, 3.63) is 24.3 Å². The third-order valence-corrected chi connectivity index (χ3v) is 5.65. The molecule has 0 aromatic heterocycles. The van der Waals surface area contributed by atoms with Crippen LogP contribution in [-0.2, 0) is 19.1 Å². The van der Waals surface area contributed by atoms with Crippen LogP contribution < -0.4 is 15.4 Å². The third kappa shape index (κ3) is 5.15. The average molecular weight is 431 g/mol. The first-order valence-corrected chi connectivity index (χ1v) is 10.3. The summed E-state index contributed by atoms with van der Waals surface area (Å²) >= 11 is 0. The summed E-state index contributed by atoms with van der Waals surface area (Å²) in [4.78, 5) is 50.6. The second kappa shape index (κ2) is 8.56. The van der Waals surface area contributed by atoms with Gasteiger partial charge in [-0.2, -0.15) is 0 Å². The molecule has 31 heavy (non-hydrogen) atoms. The van der Waals surface area contributed by atoms with Crippen molar-refractivity contribution in [3.8, 4) is 5.75 Å². The molecule has 168 valence electrons. The SMILES string of the molecule is COc1ccc(NC(=O)COC(=O)CN2C(=O)N[C@@]3(C[C@H](C)CC(C)(C)C3)C2=O)cc1. The number of nitrogens with zero attached hydrogens (tertiary/aromatic N) is 1. The van der Waals surface area contributed by atoms with Crippen LogP contribution in [0.3, 0.4) is 0 Å². The Balaban J connectivity index is 1.53. The molecule has 1 aliphatic heterocycles. The number of methoxy groups -OCH3 is 1. The van der Waals surface area contributed by atoms with Gasteiger partial charge in [-0.3, -0.25) is 19.3 Å². The zero-order valence-electron chi connectivity index (χ0n) is 18.3. The van der Waals surface area contributed by atoms with E-state index in [1.165, 1.54) is 7.11 Å². The smallest absolute Gasteiger partial charge is 0.326 e. The predicted molar refractivity (Wildman–Crippen MR) is 112 cm³/mol. The lowest BCUT2D eigenvalue weighted by Crippen LogP contribution is -2.54. The van der Waals surface area contributed by atoms with E-state index in [4.69, 9.17) is 9.47 Å². The van der Waals surface area contributed by atoms with Crippen LogP contribution in [0.1, 0.15) is 40.0 Å². The van der Waals surface area contributed by atoms with Gasteiger partial charge in [0, 0.05) is 5.69 Å². The molecule has 1 heterocycles. The number of amides is 4. The van der Waals surface area contributed by atoms with Gasteiger partial charge in [0.05, 0.1) is 7.11 Å². The van der Waals surface area contributed by atoms with Gasteiger partial charge >= 0.3 is 12.0 Å². The molecular formula is C22H29N3O6. The standard InChI is InChI=1S/C22H29N3O6/c1-14-9-21(2,3)13-22(10-14)19(28)25(20(29)24-22)11-18(27)31-12-17(26)23-15-5-7-16(30-4)8-6-15/h5-8,14H,9-13H2,1-4H3,(H,23,26)(H,24,29)/t14-,22-/m1/s1. The second-order valence-electron chi connectivity index (χ2n) is 9.20. The Labute approximate surface area is 181 Å². The number of hydrogen-bond donors (Lipinski definition) is 2. The highest BCUT2D eigenvalue weighted by Gasteiger charge is 2.56. The molecule has 4 amide bonds. The summed E-state index contributed by atoms with van der Waals surface area (Å²) in [5.41, 5.74) is -0.562. The van der Waals surface area contributed by atoms with Crippen molar-refractivity contribution in [3.63, 3.8) is 0 Å². The number of benzene rings is 1. The minimum Gasteiger partial charge on any atom is -0.497 e. The number of urea groups is 1. The fourth-order valence-corrected chi connectivity index (χ4v) is 4.84. The van der Waals surface area contributed by atoms with Crippen molar-refractivity contribution in [1.82, 2.24) is 10.2 Å². The molecule has 1 aliphatic carbocycles. The summed E-state index contributed by atoms with van der Waals surface area (Å²) in [5.74, 6) is -0.853. The summed E-state index contributed by atoms with van der Waals surface area (Å²) in [5, 5.41) is 5.40. The van der Waals surface area contributed by atoms with Crippen molar-refractivity contribution in [2.45, 2.75) is 45.6 Å². The van der Waals surface area contributed by atoms with Crippen molar-refractivity contribution in [2.75, 3.05) is 25.6 Å². The van der Waals surface area contributed by atoms with E-state index in [1.807, 2.05) is 0 Å². The number of imide groups is 1. The van der Waals surface area contributed by atoms with Crippen LogP contribution in [-0.4, -0.2) is 54.5 Å². The Morgan fingerprint density at radius 1 is 1.19 bits per heavy atom. The molecule has 2 atom stereocenters. The number of anilines is 1. The van der Waals surface area contributed by atoms with Gasteiger partial charge in [-0.05, 0) is 54.9 Å². The first-order chi connectivity index (χ1) is 14.5. The van der Waals surface area contributed by atoms with Crippen LogP contribution in [0.4, 0.5) is 10.5 Å². The van der Waals surface area contributed by atoms with Gasteiger partial charge in [0.2, 0.25) is 0 Å². The molecular weight excluding hydrogens is 402 g/mol. The Bertz CT molecular complexity index is 882. The van der Waals surface area contributed by atoms with Crippen LogP contribution >= 0.6 is 0 Å². The van der Waals surface area contributed by atoms with Crippen molar-refractivity contribution in [1.29, 1.82) is 0 Å². The van der Waals surface area contributed by atoms with Gasteiger partial charge in [0.15, 0.2) is 6.61 Å². The van der Waals surface area contributed by atoms with E-state index >= 15 is 0 Å². The number of carbonyl (C=O) groups excluding carboxylic acids is 4. The maximum absolute atomic E-state index is 13.0. The summed E-state index contributed by atoms with van der Waals surface area (Å²) in [6.45, 7) is 5.14. The summed E-state index contributed by atoms with van der Waals surface area (Å²) < 4.78 is 10.0. The molecule has 1 aromatic carbocycles. The number of ether oxygens (including phenoxy) is 2. The van der Waals surface area contributed by atoms with Gasteiger partial charge in [0.1, 0.15) is 17.8 Å². The predicted octanol–water partition coefficient (Wildman–Crippen LogP) is 2.31. The molecule has 3 rings (SSSR count). The Morgan fingerprint density at radius 2 is 1.87 bits per heavy atom. The van der Waals surface area contributed by atoms with E-state index in [0.29, 0.717) is 24.3 Å². The maximum atomic E-state index is 13.0. The second-order valence-corrected chi connectivity index (χ2v) is 9.20. The van der Waals surface area contributed by atoms with Gasteiger partial charge in [-0.15, -0.1) is 0 Å². The van der Waals surface area contributed by atoms with E-state index in [1.54, 1.807) is 24.3 Å². The van der Waals surface area contributed by atoms with Crippen molar-refractivity contribution in [2.24, 2.45) is 11.3 Å². The lowest BCUT2D eigenvalue weighted by atomic mass is 9.64. The molecule has 1 saturated heterocycles. The van der Waals surface area contributed by atoms with Gasteiger partial charge < -0.3 is 20.1 Å². The maximum Gasteiger partial charge on any atom is 0.326 e. The number of nitrogens with one attached hydrogen (secondary N) is 2. The lowest BCUT2D eigenvalue weighted by Gasteiger charge is -2.43. The highest BCUT2D eigenvalue weighted by Crippen LogP contribution is 2.46. The zero-order valence-corrected chi connectivity index (χ0v) is 18.3. The summed E-state index contributed by atoms with van der Waals surface area (Å²) in [6, 6.07) is 6.07. The number of rotatable bonds is 6. The summed E-state index contributed by atoms with van der Waals surface area (Å²) in [7, 11) is 1.54. The third-order valence-electron chi connectivity index (χ3n) is 5.65. The molecule has 1 aromatic rings. The normalized spacial score (nSPS) is 24.6. The van der Waals surface area contributed by atoms with Crippen LogP contribution in [0, 0.1) is 11.3 Å². The fourth-order valence-electron chi connectivity index (χ4n) is 4.84. The van der Waals surface area contributed by atoms with E-state index in [0.717, 1.165) is 11.3 Å². The van der Waals surface area contributed by atoms with Gasteiger partial charge in [-0.1, -0.05) is 20.8 Å². The molecule has 0 radical (unpaired) electrons. The molecule has 2 fully saturated rings. The van der Waals surface area contributed by atoms with E-state index in [-0.39, 0.29) is 11.3 Å². The molecule has 2 N–H and O–H groups in total. The minimum absolute atomic E-state index is 0.101. The van der Waals surface area contributed by atoms with Crippen molar-refractivity contribution < 1.29 is 28.7 Å². The molecule has 0 bridgehead atoms. The fraction of sp³-hybridized carbons (Fsp3) is 0.545. The molecule has 9 nitrogen and oxygen atoms in total. The highest BCUT2D eigenvalue weighted by molar-refractivity contribution is 6.09. The van der Waals surface area contributed by atoms with E-state index < -0.39 is 42.5 Å². The number of hydrogen-bond acceptors (Lipinski definition) is 6. The van der Waals surface area contributed by atoms with E-state index in [9.17, 15) is 19.2 Å². The molecule has 9 heteroatoms. The van der Waals surface area contributed by atoms with Crippen LogP contribution in [0.2, 0.25) is 0 Å². The molecule has 0 unspecified atom stereocenters. The Hall–Kier alpha value is -3.10. The molecule has 2 aliphatic rings. The largest absolute Gasteiger partial charge is 0.497 e. The first-order valence-electron chi connectivity index (χ1n) is 10.3. The van der Waals surface area contributed by atoms with Crippen LogP contribution in [0.25, 0.3) is 0 Å². The monoisotopic (exact) mass is 431 g/mol. The lowest BCUT2D eigenvalue weighted by molar-refractivity contribution is -0.150. The zero-order chi connectivity index (χ0) is 22.8. The molecule has 1 saturated carbocycles. The quantitative estimate of drug-likeness (QED) is 0.528. The van der Waals surface area contributed by atoms with Crippen molar-refractivity contribution >= 4 is 29.5 Å². The van der Waals surface area contributed by atoms with Gasteiger partial charge in [0.25, 0.3) is 11.8 Å². The topological polar surface area (TPSA) is 114 Å². The van der Waals surface area contributed by atoms with Gasteiger partial charge in [-0.25, -0.2) is 4.79 Å². The van der Waals surface area contributed by atoms with Crippen LogP contribution in [0.15, 0.2) is 24.3 Å². The van der Waals surface area contributed by atoms with E-state index in [2.05, 4.69) is 31.4 Å². The minimum atomic E-state index is -0.982. The number of esters is 1. The average Bonchev–Trinajstić information content (AvgIpc) is 2.88.